The third kappa shape index (κ3) is 3.94. The number of nitrogens with zero attached hydrogens (tertiary/aromatic N) is 2. The van der Waals surface area contributed by atoms with E-state index < -0.39 is 5.97 Å². The van der Waals surface area contributed by atoms with E-state index in [9.17, 15) is 4.79 Å². The molecule has 0 aliphatic heterocycles. The Hall–Kier alpha value is -1.50. The SMILES string of the molecule is C/C=C(/C(C)OC(=O)CC#N)N(C)C. The van der Waals surface area contributed by atoms with Gasteiger partial charge < -0.3 is 9.64 Å². The van der Waals surface area contributed by atoms with Crippen molar-refractivity contribution in [1.29, 1.82) is 5.26 Å². The van der Waals surface area contributed by atoms with Gasteiger partial charge in [-0.2, -0.15) is 5.26 Å². The number of esters is 1. The highest BCUT2D eigenvalue weighted by Crippen LogP contribution is 2.09. The minimum atomic E-state index is -0.485. The summed E-state index contributed by atoms with van der Waals surface area (Å²) < 4.78 is 5.03. The summed E-state index contributed by atoms with van der Waals surface area (Å²) >= 11 is 0. The van der Waals surface area contributed by atoms with Crippen molar-refractivity contribution in [1.82, 2.24) is 4.90 Å². The molecule has 1 unspecified atom stereocenters. The Balaban J connectivity index is 4.27. The van der Waals surface area contributed by atoms with Crippen LogP contribution in [0, 0.1) is 11.3 Å². The van der Waals surface area contributed by atoms with Crippen molar-refractivity contribution in [3.05, 3.63) is 11.8 Å². The molecule has 0 heterocycles. The van der Waals surface area contributed by atoms with Gasteiger partial charge in [0.25, 0.3) is 0 Å². The zero-order valence-corrected chi connectivity index (χ0v) is 9.07. The Morgan fingerprint density at radius 2 is 2.21 bits per heavy atom. The summed E-state index contributed by atoms with van der Waals surface area (Å²) in [5.41, 5.74) is 0.913. The molecule has 0 bridgehead atoms. The second-order valence-electron chi connectivity index (χ2n) is 3.07. The predicted molar refractivity (Wildman–Crippen MR) is 53.2 cm³/mol. The van der Waals surface area contributed by atoms with Crippen molar-refractivity contribution >= 4 is 5.97 Å². The van der Waals surface area contributed by atoms with Gasteiger partial charge in [0.1, 0.15) is 12.5 Å². The molecule has 1 atom stereocenters. The van der Waals surface area contributed by atoms with Gasteiger partial charge in [0.05, 0.1) is 6.07 Å². The van der Waals surface area contributed by atoms with Crippen molar-refractivity contribution in [3.8, 4) is 6.07 Å². The Bertz CT molecular complexity index is 264. The van der Waals surface area contributed by atoms with E-state index in [2.05, 4.69) is 0 Å². The molecule has 0 aliphatic carbocycles. The Labute approximate surface area is 84.8 Å². The normalized spacial score (nSPS) is 12.9. The molecule has 0 aliphatic rings. The number of hydrogen-bond donors (Lipinski definition) is 0. The van der Waals surface area contributed by atoms with Crippen LogP contribution in [0.5, 0.6) is 0 Å². The zero-order valence-electron chi connectivity index (χ0n) is 9.07. The van der Waals surface area contributed by atoms with Gasteiger partial charge in [-0.15, -0.1) is 0 Å². The largest absolute Gasteiger partial charge is 0.455 e. The van der Waals surface area contributed by atoms with Crippen LogP contribution in [0.3, 0.4) is 0 Å². The third-order valence-electron chi connectivity index (χ3n) is 1.76. The highest BCUT2D eigenvalue weighted by molar-refractivity contribution is 5.72. The Morgan fingerprint density at radius 3 is 2.57 bits per heavy atom. The minimum Gasteiger partial charge on any atom is -0.455 e. The molecule has 78 valence electrons. The molecule has 0 aromatic heterocycles. The lowest BCUT2D eigenvalue weighted by molar-refractivity contribution is -0.145. The number of allylic oxidation sites excluding steroid dienone is 1. The number of ether oxygens (including phenoxy) is 1. The van der Waals surface area contributed by atoms with Crippen LogP contribution in [0.1, 0.15) is 20.3 Å². The molecular formula is C10H16N2O2. The lowest BCUT2D eigenvalue weighted by Crippen LogP contribution is -2.25. The molecule has 0 aromatic rings. The van der Waals surface area contributed by atoms with E-state index in [4.69, 9.17) is 10.00 Å². The Kier molecular flexibility index (Phi) is 5.38. The van der Waals surface area contributed by atoms with Crippen LogP contribution in [0.15, 0.2) is 11.8 Å². The van der Waals surface area contributed by atoms with E-state index in [0.717, 1.165) is 5.70 Å². The first-order valence-corrected chi connectivity index (χ1v) is 4.42. The molecule has 0 saturated carbocycles. The molecule has 0 spiro atoms. The summed E-state index contributed by atoms with van der Waals surface area (Å²) in [7, 11) is 3.76. The summed E-state index contributed by atoms with van der Waals surface area (Å²) in [5.74, 6) is -0.485. The van der Waals surface area contributed by atoms with E-state index in [1.807, 2.05) is 32.0 Å². The van der Waals surface area contributed by atoms with Gasteiger partial charge in [0, 0.05) is 19.8 Å². The number of carbonyl (C=O) groups excluding carboxylic acids is 1. The Morgan fingerprint density at radius 1 is 1.64 bits per heavy atom. The van der Waals surface area contributed by atoms with Gasteiger partial charge in [-0.05, 0) is 13.8 Å². The van der Waals surface area contributed by atoms with Gasteiger partial charge in [0.15, 0.2) is 0 Å². The molecule has 0 aromatic carbocycles. The van der Waals surface area contributed by atoms with Crippen LogP contribution in [0.25, 0.3) is 0 Å². The fraction of sp³-hybridized carbons (Fsp3) is 0.600. The van der Waals surface area contributed by atoms with Crippen molar-refractivity contribution < 1.29 is 9.53 Å². The lowest BCUT2D eigenvalue weighted by atomic mass is 10.2. The summed E-state index contributed by atoms with van der Waals surface area (Å²) in [6, 6.07) is 1.75. The van der Waals surface area contributed by atoms with Crippen LogP contribution in [0.4, 0.5) is 0 Å². The highest BCUT2D eigenvalue weighted by Gasteiger charge is 2.14. The molecule has 14 heavy (non-hydrogen) atoms. The van der Waals surface area contributed by atoms with Crippen LogP contribution in [-0.4, -0.2) is 31.1 Å². The second-order valence-corrected chi connectivity index (χ2v) is 3.07. The lowest BCUT2D eigenvalue weighted by Gasteiger charge is -2.22. The van der Waals surface area contributed by atoms with Gasteiger partial charge in [-0.25, -0.2) is 0 Å². The maximum absolute atomic E-state index is 11.0. The van der Waals surface area contributed by atoms with Gasteiger partial charge in [-0.1, -0.05) is 6.08 Å². The fourth-order valence-electron chi connectivity index (χ4n) is 1.22. The maximum atomic E-state index is 11.0. The molecule has 0 fully saturated rings. The quantitative estimate of drug-likeness (QED) is 0.636. The molecule has 0 amide bonds. The molecule has 0 N–H and O–H groups in total. The number of hydrogen-bond acceptors (Lipinski definition) is 4. The molecule has 4 nitrogen and oxygen atoms in total. The number of rotatable bonds is 4. The van der Waals surface area contributed by atoms with E-state index >= 15 is 0 Å². The fourth-order valence-corrected chi connectivity index (χ4v) is 1.22. The van der Waals surface area contributed by atoms with E-state index in [-0.39, 0.29) is 12.5 Å². The summed E-state index contributed by atoms with van der Waals surface area (Å²) in [4.78, 5) is 12.9. The first kappa shape index (κ1) is 12.5. The van der Waals surface area contributed by atoms with Crippen molar-refractivity contribution in [2.75, 3.05) is 14.1 Å². The van der Waals surface area contributed by atoms with Crippen molar-refractivity contribution in [2.45, 2.75) is 26.4 Å². The average molecular weight is 196 g/mol. The molecular weight excluding hydrogens is 180 g/mol. The van der Waals surface area contributed by atoms with Gasteiger partial charge in [0.2, 0.25) is 0 Å². The molecule has 4 heteroatoms. The summed E-state index contributed by atoms with van der Waals surface area (Å²) in [5, 5.41) is 8.28. The predicted octanol–water partition coefficient (Wildman–Crippen LogP) is 1.30. The van der Waals surface area contributed by atoms with Crippen LogP contribution in [-0.2, 0) is 9.53 Å². The summed E-state index contributed by atoms with van der Waals surface area (Å²) in [6.45, 7) is 3.66. The van der Waals surface area contributed by atoms with Gasteiger partial charge in [-0.3, -0.25) is 4.79 Å². The molecule has 0 saturated heterocycles. The van der Waals surface area contributed by atoms with Gasteiger partial charge >= 0.3 is 5.97 Å². The number of carbonyl (C=O) groups is 1. The minimum absolute atomic E-state index is 0.200. The molecule has 0 rings (SSSR count). The second kappa shape index (κ2) is 6.03. The topological polar surface area (TPSA) is 53.3 Å². The van der Waals surface area contributed by atoms with Crippen LogP contribution < -0.4 is 0 Å². The first-order chi connectivity index (χ1) is 6.52. The third-order valence-corrected chi connectivity index (χ3v) is 1.76. The number of likely N-dealkylation sites (N-methyl/N-ethyl adjacent to an activating group) is 1. The number of nitriles is 1. The summed E-state index contributed by atoms with van der Waals surface area (Å²) in [6.07, 6.45) is 1.37. The van der Waals surface area contributed by atoms with E-state index in [1.165, 1.54) is 0 Å². The first-order valence-electron chi connectivity index (χ1n) is 4.42. The monoisotopic (exact) mass is 196 g/mol. The molecule has 0 radical (unpaired) electrons. The average Bonchev–Trinajstić information content (AvgIpc) is 2.04. The van der Waals surface area contributed by atoms with Crippen molar-refractivity contribution in [2.24, 2.45) is 0 Å². The highest BCUT2D eigenvalue weighted by atomic mass is 16.5. The maximum Gasteiger partial charge on any atom is 0.320 e. The van der Waals surface area contributed by atoms with Crippen LogP contribution in [0.2, 0.25) is 0 Å². The zero-order chi connectivity index (χ0) is 11.1. The van der Waals surface area contributed by atoms with Crippen LogP contribution >= 0.6 is 0 Å². The van der Waals surface area contributed by atoms with E-state index in [0.29, 0.717) is 0 Å². The standard InChI is InChI=1S/C10H16N2O2/c1-5-9(12(3)4)8(2)14-10(13)6-7-11/h5,8H,6H2,1-4H3/b9-5-. The van der Waals surface area contributed by atoms with Crippen molar-refractivity contribution in [3.63, 3.8) is 0 Å². The van der Waals surface area contributed by atoms with E-state index in [1.54, 1.807) is 13.0 Å². The smallest absolute Gasteiger partial charge is 0.320 e.